The van der Waals surface area contributed by atoms with Gasteiger partial charge >= 0.3 is 0 Å². The Labute approximate surface area is 108 Å². The van der Waals surface area contributed by atoms with Gasteiger partial charge in [0.2, 0.25) is 0 Å². The summed E-state index contributed by atoms with van der Waals surface area (Å²) < 4.78 is 0. The number of anilines is 1. The summed E-state index contributed by atoms with van der Waals surface area (Å²) in [6.45, 7) is 5.21. The Kier molecular flexibility index (Phi) is 4.19. The summed E-state index contributed by atoms with van der Waals surface area (Å²) in [7, 11) is 0. The number of benzene rings is 1. The summed E-state index contributed by atoms with van der Waals surface area (Å²) in [5, 5.41) is 22.0. The third-order valence-electron chi connectivity index (χ3n) is 3.26. The number of hydrogen-bond donors (Lipinski definition) is 2. The Bertz CT molecular complexity index is 453. The van der Waals surface area contributed by atoms with E-state index in [0.29, 0.717) is 12.1 Å². The first-order valence-corrected chi connectivity index (χ1v) is 6.41. The van der Waals surface area contributed by atoms with Crippen molar-refractivity contribution in [3.63, 3.8) is 0 Å². The third kappa shape index (κ3) is 2.81. The van der Waals surface area contributed by atoms with Crippen LogP contribution in [0.2, 0.25) is 0 Å². The fourth-order valence-electron chi connectivity index (χ4n) is 2.29. The quantitative estimate of drug-likeness (QED) is 0.838. The van der Waals surface area contributed by atoms with E-state index in [4.69, 9.17) is 0 Å². The summed E-state index contributed by atoms with van der Waals surface area (Å²) in [6.07, 6.45) is 0.516. The summed E-state index contributed by atoms with van der Waals surface area (Å²) in [6, 6.07) is 8.22. The largest absolute Gasteiger partial charge is 0.391 e. The number of aliphatic hydroxyl groups excluding tert-OH is 1. The maximum atomic E-state index is 9.56. The molecule has 1 aliphatic rings. The number of aliphatic hydroxyl groups is 1. The molecule has 2 rings (SSSR count). The summed E-state index contributed by atoms with van der Waals surface area (Å²) in [5.74, 6) is 0. The van der Waals surface area contributed by atoms with Crippen LogP contribution in [-0.4, -0.2) is 30.8 Å². The second-order valence-electron chi connectivity index (χ2n) is 4.63. The van der Waals surface area contributed by atoms with Crippen molar-refractivity contribution < 1.29 is 5.11 Å². The maximum Gasteiger partial charge on any atom is 0.101 e. The molecule has 0 bridgehead atoms. The summed E-state index contributed by atoms with van der Waals surface area (Å²) >= 11 is 0. The Morgan fingerprint density at radius 2 is 2.39 bits per heavy atom. The first-order chi connectivity index (χ1) is 8.74. The monoisotopic (exact) mass is 245 g/mol. The molecular weight excluding hydrogens is 226 g/mol. The smallest absolute Gasteiger partial charge is 0.101 e. The molecule has 1 saturated heterocycles. The van der Waals surface area contributed by atoms with E-state index in [-0.39, 0.29) is 6.10 Å². The molecule has 2 N–H and O–H groups in total. The molecule has 0 aliphatic carbocycles. The van der Waals surface area contributed by atoms with Crippen molar-refractivity contribution in [2.75, 3.05) is 24.5 Å². The molecule has 1 unspecified atom stereocenters. The van der Waals surface area contributed by atoms with Crippen molar-refractivity contribution in [2.45, 2.75) is 26.0 Å². The molecule has 1 aromatic rings. The predicted molar refractivity (Wildman–Crippen MR) is 71.4 cm³/mol. The number of rotatable bonds is 4. The lowest BCUT2D eigenvalue weighted by Gasteiger charge is -2.19. The second-order valence-corrected chi connectivity index (χ2v) is 4.63. The lowest BCUT2D eigenvalue weighted by Crippen LogP contribution is -2.22. The van der Waals surface area contributed by atoms with Gasteiger partial charge in [-0.1, -0.05) is 13.0 Å². The van der Waals surface area contributed by atoms with E-state index in [1.807, 2.05) is 18.2 Å². The molecule has 4 nitrogen and oxygen atoms in total. The van der Waals surface area contributed by atoms with E-state index in [0.717, 1.165) is 37.3 Å². The SMILES string of the molecule is CCNCc1ccc(N2CCC(O)C2)c(C#N)c1. The zero-order valence-electron chi connectivity index (χ0n) is 10.7. The van der Waals surface area contributed by atoms with E-state index in [1.54, 1.807) is 0 Å². The van der Waals surface area contributed by atoms with Gasteiger partial charge in [-0.25, -0.2) is 0 Å². The molecule has 4 heteroatoms. The van der Waals surface area contributed by atoms with Gasteiger partial charge in [-0.2, -0.15) is 5.26 Å². The van der Waals surface area contributed by atoms with Crippen LogP contribution >= 0.6 is 0 Å². The molecule has 1 aromatic carbocycles. The lowest BCUT2D eigenvalue weighted by molar-refractivity contribution is 0.198. The van der Waals surface area contributed by atoms with Crippen molar-refractivity contribution in [1.82, 2.24) is 5.32 Å². The molecule has 18 heavy (non-hydrogen) atoms. The van der Waals surface area contributed by atoms with Gasteiger partial charge in [0.15, 0.2) is 0 Å². The highest BCUT2D eigenvalue weighted by Crippen LogP contribution is 2.25. The molecule has 0 radical (unpaired) electrons. The third-order valence-corrected chi connectivity index (χ3v) is 3.26. The minimum absolute atomic E-state index is 0.266. The van der Waals surface area contributed by atoms with Gasteiger partial charge in [-0.3, -0.25) is 0 Å². The molecule has 1 fully saturated rings. The standard InChI is InChI=1S/C14H19N3O/c1-2-16-9-11-3-4-14(12(7-11)8-15)17-6-5-13(18)10-17/h3-4,7,13,16,18H,2,5-6,9-10H2,1H3. The van der Waals surface area contributed by atoms with Crippen LogP contribution in [-0.2, 0) is 6.54 Å². The first-order valence-electron chi connectivity index (χ1n) is 6.41. The molecule has 1 aliphatic heterocycles. The molecule has 1 atom stereocenters. The van der Waals surface area contributed by atoms with Gasteiger partial charge < -0.3 is 15.3 Å². The van der Waals surface area contributed by atoms with Crippen LogP contribution in [0.3, 0.4) is 0 Å². The molecular formula is C14H19N3O. The van der Waals surface area contributed by atoms with Crippen LogP contribution in [0, 0.1) is 11.3 Å². The second kappa shape index (κ2) is 5.85. The van der Waals surface area contributed by atoms with Crippen molar-refractivity contribution in [3.05, 3.63) is 29.3 Å². The Balaban J connectivity index is 2.18. The normalized spacial score (nSPS) is 18.9. The van der Waals surface area contributed by atoms with Gasteiger partial charge in [0.05, 0.1) is 17.4 Å². The van der Waals surface area contributed by atoms with E-state index >= 15 is 0 Å². The van der Waals surface area contributed by atoms with Gasteiger partial charge in [0.1, 0.15) is 6.07 Å². The zero-order chi connectivity index (χ0) is 13.0. The number of nitrogens with one attached hydrogen (secondary N) is 1. The first kappa shape index (κ1) is 12.9. The maximum absolute atomic E-state index is 9.56. The van der Waals surface area contributed by atoms with Crippen LogP contribution in [0.1, 0.15) is 24.5 Å². The Morgan fingerprint density at radius 3 is 3.00 bits per heavy atom. The highest BCUT2D eigenvalue weighted by molar-refractivity contribution is 5.61. The topological polar surface area (TPSA) is 59.3 Å². The van der Waals surface area contributed by atoms with Gasteiger partial charge in [0.25, 0.3) is 0 Å². The van der Waals surface area contributed by atoms with Gasteiger partial charge in [0, 0.05) is 19.6 Å². The van der Waals surface area contributed by atoms with Crippen LogP contribution in [0.15, 0.2) is 18.2 Å². The van der Waals surface area contributed by atoms with Crippen molar-refractivity contribution >= 4 is 5.69 Å². The summed E-state index contributed by atoms with van der Waals surface area (Å²) in [4.78, 5) is 2.08. The molecule has 96 valence electrons. The number of β-amino-alcohol motifs (C(OH)–C–C–N with tert-alkyl or cyclic N) is 1. The average molecular weight is 245 g/mol. The average Bonchev–Trinajstić information content (AvgIpc) is 2.82. The van der Waals surface area contributed by atoms with Gasteiger partial charge in [-0.05, 0) is 30.7 Å². The van der Waals surface area contributed by atoms with Crippen LogP contribution in [0.5, 0.6) is 0 Å². The fraction of sp³-hybridized carbons (Fsp3) is 0.500. The number of hydrogen-bond acceptors (Lipinski definition) is 4. The summed E-state index contributed by atoms with van der Waals surface area (Å²) in [5.41, 5.74) is 2.76. The molecule has 0 aromatic heterocycles. The zero-order valence-corrected chi connectivity index (χ0v) is 10.7. The minimum Gasteiger partial charge on any atom is -0.391 e. The Morgan fingerprint density at radius 1 is 1.56 bits per heavy atom. The lowest BCUT2D eigenvalue weighted by atomic mass is 10.1. The van der Waals surface area contributed by atoms with E-state index < -0.39 is 0 Å². The van der Waals surface area contributed by atoms with Crippen molar-refractivity contribution in [2.24, 2.45) is 0 Å². The van der Waals surface area contributed by atoms with Crippen molar-refractivity contribution in [1.29, 1.82) is 5.26 Å². The predicted octanol–water partition coefficient (Wildman–Crippen LogP) is 1.24. The highest BCUT2D eigenvalue weighted by Gasteiger charge is 2.22. The van der Waals surface area contributed by atoms with E-state index in [9.17, 15) is 10.4 Å². The molecule has 1 heterocycles. The van der Waals surface area contributed by atoms with E-state index in [1.165, 1.54) is 0 Å². The van der Waals surface area contributed by atoms with Crippen LogP contribution < -0.4 is 10.2 Å². The van der Waals surface area contributed by atoms with Crippen LogP contribution in [0.4, 0.5) is 5.69 Å². The van der Waals surface area contributed by atoms with Gasteiger partial charge in [-0.15, -0.1) is 0 Å². The Hall–Kier alpha value is -1.57. The molecule has 0 amide bonds. The number of nitrogens with zero attached hydrogens (tertiary/aromatic N) is 2. The molecule has 0 spiro atoms. The van der Waals surface area contributed by atoms with Crippen LogP contribution in [0.25, 0.3) is 0 Å². The van der Waals surface area contributed by atoms with Crippen molar-refractivity contribution in [3.8, 4) is 6.07 Å². The number of nitriles is 1. The fourth-order valence-corrected chi connectivity index (χ4v) is 2.29. The minimum atomic E-state index is -0.266. The highest BCUT2D eigenvalue weighted by atomic mass is 16.3. The van der Waals surface area contributed by atoms with E-state index in [2.05, 4.69) is 23.2 Å². The molecule has 0 saturated carbocycles.